The zero-order chi connectivity index (χ0) is 13.7. The van der Waals surface area contributed by atoms with Crippen LogP contribution in [0.4, 0.5) is 5.69 Å². The van der Waals surface area contributed by atoms with Crippen LogP contribution in [0.3, 0.4) is 0 Å². The Bertz CT molecular complexity index is 445. The molecule has 0 spiro atoms. The zero-order valence-electron chi connectivity index (χ0n) is 10.9. The van der Waals surface area contributed by atoms with Gasteiger partial charge in [0, 0.05) is 19.2 Å². The molecule has 0 radical (unpaired) electrons. The summed E-state index contributed by atoms with van der Waals surface area (Å²) in [5.74, 6) is 0.312. The van der Waals surface area contributed by atoms with Gasteiger partial charge in [0.2, 0.25) is 0 Å². The van der Waals surface area contributed by atoms with Gasteiger partial charge in [0.15, 0.2) is 5.75 Å². The van der Waals surface area contributed by atoms with Crippen LogP contribution in [0.25, 0.3) is 0 Å². The van der Waals surface area contributed by atoms with Crippen LogP contribution in [0.2, 0.25) is 0 Å². The first-order valence-electron chi connectivity index (χ1n) is 6.53. The molecule has 19 heavy (non-hydrogen) atoms. The number of benzene rings is 1. The van der Waals surface area contributed by atoms with Crippen LogP contribution in [0.15, 0.2) is 18.2 Å². The number of nitro groups is 1. The molecule has 0 unspecified atom stereocenters. The highest BCUT2D eigenvalue weighted by Crippen LogP contribution is 2.27. The number of nitrogens with two attached hydrogens (primary N) is 1. The third kappa shape index (κ3) is 3.65. The van der Waals surface area contributed by atoms with Crippen molar-refractivity contribution in [3.05, 3.63) is 33.9 Å². The second-order valence-electron chi connectivity index (χ2n) is 4.66. The van der Waals surface area contributed by atoms with Gasteiger partial charge < -0.3 is 10.5 Å². The van der Waals surface area contributed by atoms with E-state index < -0.39 is 4.92 Å². The summed E-state index contributed by atoms with van der Waals surface area (Å²) in [5.41, 5.74) is 6.37. The molecule has 6 heteroatoms. The maximum atomic E-state index is 10.9. The lowest BCUT2D eigenvalue weighted by Crippen LogP contribution is -2.25. The number of ether oxygens (including phenoxy) is 1. The molecule has 0 aromatic heterocycles. The highest BCUT2D eigenvalue weighted by molar-refractivity contribution is 5.48. The second-order valence-corrected chi connectivity index (χ2v) is 4.66. The Labute approximate surface area is 112 Å². The number of hydrogen-bond donors (Lipinski definition) is 1. The van der Waals surface area contributed by atoms with Crippen molar-refractivity contribution in [1.29, 1.82) is 0 Å². The van der Waals surface area contributed by atoms with Crippen LogP contribution in [0, 0.1) is 10.1 Å². The molecule has 6 nitrogen and oxygen atoms in total. The van der Waals surface area contributed by atoms with Gasteiger partial charge in [0.1, 0.15) is 6.61 Å². The summed E-state index contributed by atoms with van der Waals surface area (Å²) in [6, 6.07) is 4.76. The minimum Gasteiger partial charge on any atom is -0.485 e. The molecule has 2 N–H and O–H groups in total. The minimum absolute atomic E-state index is 0.00128. The van der Waals surface area contributed by atoms with Gasteiger partial charge in [-0.05, 0) is 37.6 Å². The van der Waals surface area contributed by atoms with Crippen molar-refractivity contribution in [2.24, 2.45) is 5.73 Å². The van der Waals surface area contributed by atoms with Gasteiger partial charge in [-0.3, -0.25) is 15.0 Å². The van der Waals surface area contributed by atoms with E-state index >= 15 is 0 Å². The van der Waals surface area contributed by atoms with Crippen LogP contribution < -0.4 is 10.5 Å². The molecule has 1 aliphatic rings. The van der Waals surface area contributed by atoms with Crippen molar-refractivity contribution < 1.29 is 9.66 Å². The largest absolute Gasteiger partial charge is 0.485 e. The average Bonchev–Trinajstić information content (AvgIpc) is 2.91. The normalized spacial score (nSPS) is 15.6. The number of likely N-dealkylation sites (tertiary alicyclic amines) is 1. The van der Waals surface area contributed by atoms with E-state index in [2.05, 4.69) is 4.90 Å². The molecule has 0 atom stereocenters. The van der Waals surface area contributed by atoms with Crippen LogP contribution >= 0.6 is 0 Å². The summed E-state index contributed by atoms with van der Waals surface area (Å²) < 4.78 is 5.56. The molecule has 1 fully saturated rings. The van der Waals surface area contributed by atoms with Crippen molar-refractivity contribution >= 4 is 5.69 Å². The number of rotatable bonds is 6. The molecule has 1 saturated heterocycles. The van der Waals surface area contributed by atoms with Gasteiger partial charge in [0.25, 0.3) is 0 Å². The minimum atomic E-state index is -0.425. The molecule has 0 aliphatic carbocycles. The first kappa shape index (κ1) is 13.8. The standard InChI is InChI=1S/C13H19N3O3/c14-10-11-3-4-12(16(17)18)13(9-11)19-8-7-15-5-1-2-6-15/h3-4,9H,1-2,5-8,10,14H2. The first-order valence-corrected chi connectivity index (χ1v) is 6.53. The summed E-state index contributed by atoms with van der Waals surface area (Å²) in [7, 11) is 0. The topological polar surface area (TPSA) is 81.6 Å². The smallest absolute Gasteiger partial charge is 0.310 e. The summed E-state index contributed by atoms with van der Waals surface area (Å²) >= 11 is 0. The molecule has 1 heterocycles. The Hall–Kier alpha value is -1.66. The lowest BCUT2D eigenvalue weighted by Gasteiger charge is -2.15. The lowest BCUT2D eigenvalue weighted by atomic mass is 10.2. The molecule has 1 aromatic carbocycles. The number of hydrogen-bond acceptors (Lipinski definition) is 5. The number of nitro benzene ring substituents is 1. The average molecular weight is 265 g/mol. The van der Waals surface area contributed by atoms with Gasteiger partial charge in [0.05, 0.1) is 4.92 Å². The summed E-state index contributed by atoms with van der Waals surface area (Å²) in [6.07, 6.45) is 2.45. The van der Waals surface area contributed by atoms with Crippen LogP contribution in [0.1, 0.15) is 18.4 Å². The van der Waals surface area contributed by atoms with Crippen molar-refractivity contribution in [2.75, 3.05) is 26.2 Å². The van der Waals surface area contributed by atoms with E-state index in [1.165, 1.54) is 18.9 Å². The van der Waals surface area contributed by atoms with Crippen LogP contribution in [-0.2, 0) is 6.54 Å². The molecule has 1 aromatic rings. The fourth-order valence-electron chi connectivity index (χ4n) is 2.24. The summed E-state index contributed by atoms with van der Waals surface area (Å²) in [4.78, 5) is 12.8. The summed E-state index contributed by atoms with van der Waals surface area (Å²) in [6.45, 7) is 3.81. The SMILES string of the molecule is NCc1ccc([N+](=O)[O-])c(OCCN2CCCC2)c1. The Morgan fingerprint density at radius 1 is 1.37 bits per heavy atom. The maximum absolute atomic E-state index is 10.9. The van der Waals surface area contributed by atoms with E-state index in [0.29, 0.717) is 18.9 Å². The quantitative estimate of drug-likeness (QED) is 0.623. The molecular weight excluding hydrogens is 246 g/mol. The third-order valence-electron chi connectivity index (χ3n) is 3.32. The van der Waals surface area contributed by atoms with Gasteiger partial charge in [-0.25, -0.2) is 0 Å². The molecule has 1 aliphatic heterocycles. The van der Waals surface area contributed by atoms with Crippen LogP contribution in [-0.4, -0.2) is 36.1 Å². The highest BCUT2D eigenvalue weighted by Gasteiger charge is 2.16. The molecule has 2 rings (SSSR count). The summed E-state index contributed by atoms with van der Waals surface area (Å²) in [5, 5.41) is 10.9. The van der Waals surface area contributed by atoms with Crippen molar-refractivity contribution in [2.45, 2.75) is 19.4 Å². The van der Waals surface area contributed by atoms with Gasteiger partial charge in [-0.15, -0.1) is 0 Å². The fourth-order valence-corrected chi connectivity index (χ4v) is 2.24. The van der Waals surface area contributed by atoms with E-state index in [1.807, 2.05) is 0 Å². The van der Waals surface area contributed by atoms with Gasteiger partial charge >= 0.3 is 5.69 Å². The number of nitrogens with zero attached hydrogens (tertiary/aromatic N) is 2. The molecular formula is C13H19N3O3. The first-order chi connectivity index (χ1) is 9.20. The predicted molar refractivity (Wildman–Crippen MR) is 72.2 cm³/mol. The highest BCUT2D eigenvalue weighted by atomic mass is 16.6. The van der Waals surface area contributed by atoms with Crippen molar-refractivity contribution in [3.63, 3.8) is 0 Å². The van der Waals surface area contributed by atoms with E-state index in [0.717, 1.165) is 25.2 Å². The van der Waals surface area contributed by atoms with Gasteiger partial charge in [-0.1, -0.05) is 6.07 Å². The second kappa shape index (κ2) is 6.49. The molecule has 0 amide bonds. The lowest BCUT2D eigenvalue weighted by molar-refractivity contribution is -0.385. The predicted octanol–water partition coefficient (Wildman–Crippen LogP) is 1.53. The van der Waals surface area contributed by atoms with Crippen molar-refractivity contribution in [3.8, 4) is 5.75 Å². The van der Waals surface area contributed by atoms with Crippen LogP contribution in [0.5, 0.6) is 5.75 Å². The Morgan fingerprint density at radius 3 is 2.74 bits per heavy atom. The Kier molecular flexibility index (Phi) is 4.70. The maximum Gasteiger partial charge on any atom is 0.310 e. The zero-order valence-corrected chi connectivity index (χ0v) is 10.9. The van der Waals surface area contributed by atoms with Crippen molar-refractivity contribution in [1.82, 2.24) is 4.90 Å². The molecule has 0 saturated carbocycles. The van der Waals surface area contributed by atoms with E-state index in [9.17, 15) is 10.1 Å². The molecule has 104 valence electrons. The van der Waals surface area contributed by atoms with E-state index in [-0.39, 0.29) is 5.69 Å². The third-order valence-corrected chi connectivity index (χ3v) is 3.32. The Balaban J connectivity index is 1.98. The van der Waals surface area contributed by atoms with E-state index in [4.69, 9.17) is 10.5 Å². The van der Waals surface area contributed by atoms with Gasteiger partial charge in [-0.2, -0.15) is 0 Å². The Morgan fingerprint density at radius 2 is 2.11 bits per heavy atom. The van der Waals surface area contributed by atoms with E-state index in [1.54, 1.807) is 12.1 Å². The molecule has 0 bridgehead atoms. The monoisotopic (exact) mass is 265 g/mol. The fraction of sp³-hybridized carbons (Fsp3) is 0.538.